The molecule has 146 valence electrons. The fraction of sp³-hybridized carbons (Fsp3) is 0.300. The van der Waals surface area contributed by atoms with Crippen molar-refractivity contribution in [3.8, 4) is 5.75 Å². The van der Waals surface area contributed by atoms with Crippen LogP contribution in [0.1, 0.15) is 28.8 Å². The molecule has 0 saturated heterocycles. The number of nitrogens with zero attached hydrogens (tertiary/aromatic N) is 1. The molecule has 0 aromatic heterocycles. The molecule has 0 spiro atoms. The molecule has 8 heteroatoms. The Morgan fingerprint density at radius 2 is 1.82 bits per heavy atom. The summed E-state index contributed by atoms with van der Waals surface area (Å²) in [6.45, 7) is 0.330. The average molecular weight is 383 g/mol. The highest BCUT2D eigenvalue weighted by molar-refractivity contribution is 5.98. The molecule has 2 aromatic rings. The van der Waals surface area contributed by atoms with Crippen LogP contribution in [0, 0.1) is 10.1 Å². The van der Waals surface area contributed by atoms with Gasteiger partial charge in [0.25, 0.3) is 17.5 Å². The summed E-state index contributed by atoms with van der Waals surface area (Å²) in [7, 11) is 0. The molecule has 3 rings (SSSR count). The third-order valence-corrected chi connectivity index (χ3v) is 4.28. The number of benzene rings is 2. The number of ether oxygens (including phenoxy) is 1. The molecule has 1 aliphatic rings. The van der Waals surface area contributed by atoms with Crippen LogP contribution in [0.3, 0.4) is 0 Å². The van der Waals surface area contributed by atoms with E-state index >= 15 is 0 Å². The van der Waals surface area contributed by atoms with Gasteiger partial charge in [-0.2, -0.15) is 0 Å². The van der Waals surface area contributed by atoms with Gasteiger partial charge in [-0.25, -0.2) is 0 Å². The van der Waals surface area contributed by atoms with Crippen LogP contribution in [-0.4, -0.2) is 35.9 Å². The minimum absolute atomic E-state index is 0.0121. The van der Waals surface area contributed by atoms with Crippen molar-refractivity contribution in [3.63, 3.8) is 0 Å². The van der Waals surface area contributed by atoms with Gasteiger partial charge in [-0.1, -0.05) is 24.3 Å². The van der Waals surface area contributed by atoms with E-state index < -0.39 is 10.8 Å². The summed E-state index contributed by atoms with van der Waals surface area (Å²) >= 11 is 0. The van der Waals surface area contributed by atoms with Gasteiger partial charge in [0.05, 0.1) is 4.92 Å². The normalized spacial score (nSPS) is 12.9. The third kappa shape index (κ3) is 5.54. The van der Waals surface area contributed by atoms with Crippen LogP contribution in [0.2, 0.25) is 0 Å². The second kappa shape index (κ2) is 8.98. The van der Waals surface area contributed by atoms with Crippen LogP contribution in [0.4, 0.5) is 5.69 Å². The molecule has 28 heavy (non-hydrogen) atoms. The Labute approximate surface area is 162 Å². The summed E-state index contributed by atoms with van der Waals surface area (Å²) in [5.41, 5.74) is 0.797. The standard InChI is InChI=1S/C20H21N3O5/c24-19(22-15-7-8-15)13-28-16-9-5-14(6-10-16)11-12-21-20(25)17-3-1-2-4-18(17)23(26)27/h1-6,9-10,15H,7-8,11-13H2,(H,21,25)(H,22,24). The molecule has 0 radical (unpaired) electrons. The smallest absolute Gasteiger partial charge is 0.282 e. The van der Waals surface area contributed by atoms with Crippen molar-refractivity contribution in [2.45, 2.75) is 25.3 Å². The highest BCUT2D eigenvalue weighted by atomic mass is 16.6. The lowest BCUT2D eigenvalue weighted by atomic mass is 10.1. The maximum Gasteiger partial charge on any atom is 0.282 e. The van der Waals surface area contributed by atoms with Crippen molar-refractivity contribution in [2.75, 3.05) is 13.2 Å². The molecule has 0 bridgehead atoms. The maximum atomic E-state index is 12.2. The number of amides is 2. The lowest BCUT2D eigenvalue weighted by Crippen LogP contribution is -2.30. The van der Waals surface area contributed by atoms with E-state index in [4.69, 9.17) is 4.74 Å². The van der Waals surface area contributed by atoms with E-state index in [1.165, 1.54) is 18.2 Å². The van der Waals surface area contributed by atoms with Crippen molar-refractivity contribution in [2.24, 2.45) is 0 Å². The van der Waals surface area contributed by atoms with Crippen molar-refractivity contribution < 1.29 is 19.2 Å². The van der Waals surface area contributed by atoms with Gasteiger partial charge in [-0.05, 0) is 43.0 Å². The van der Waals surface area contributed by atoms with E-state index in [1.54, 1.807) is 18.2 Å². The Hall–Kier alpha value is -3.42. The first kappa shape index (κ1) is 19.3. The van der Waals surface area contributed by atoms with E-state index in [9.17, 15) is 19.7 Å². The van der Waals surface area contributed by atoms with E-state index in [0.29, 0.717) is 24.8 Å². The molecule has 2 aromatic carbocycles. The van der Waals surface area contributed by atoms with Gasteiger partial charge >= 0.3 is 0 Å². The van der Waals surface area contributed by atoms with Crippen LogP contribution in [0.15, 0.2) is 48.5 Å². The summed E-state index contributed by atoms with van der Waals surface area (Å²) in [5, 5.41) is 16.5. The van der Waals surface area contributed by atoms with Gasteiger partial charge in [0, 0.05) is 18.7 Å². The van der Waals surface area contributed by atoms with Crippen LogP contribution >= 0.6 is 0 Å². The first-order valence-electron chi connectivity index (χ1n) is 9.05. The lowest BCUT2D eigenvalue weighted by Gasteiger charge is -2.08. The second-order valence-corrected chi connectivity index (χ2v) is 6.55. The monoisotopic (exact) mass is 383 g/mol. The number of nitro groups is 1. The number of rotatable bonds is 9. The summed E-state index contributed by atoms with van der Waals surface area (Å²) in [6.07, 6.45) is 2.64. The number of carbonyl (C=O) groups excluding carboxylic acids is 2. The number of nitro benzene ring substituents is 1. The SMILES string of the molecule is O=C(COc1ccc(CCNC(=O)c2ccccc2[N+](=O)[O-])cc1)NC1CC1. The van der Waals surface area contributed by atoms with Crippen LogP contribution in [0.5, 0.6) is 5.75 Å². The maximum absolute atomic E-state index is 12.2. The highest BCUT2D eigenvalue weighted by Crippen LogP contribution is 2.19. The van der Waals surface area contributed by atoms with Crippen molar-refractivity contribution >= 4 is 17.5 Å². The van der Waals surface area contributed by atoms with Gasteiger partial charge in [-0.3, -0.25) is 19.7 Å². The lowest BCUT2D eigenvalue weighted by molar-refractivity contribution is -0.385. The Kier molecular flexibility index (Phi) is 6.21. The molecule has 0 unspecified atom stereocenters. The van der Waals surface area contributed by atoms with Crippen LogP contribution in [0.25, 0.3) is 0 Å². The molecule has 0 aliphatic heterocycles. The molecule has 1 aliphatic carbocycles. The number of carbonyl (C=O) groups is 2. The molecule has 1 fully saturated rings. The quantitative estimate of drug-likeness (QED) is 0.510. The molecule has 1 saturated carbocycles. The van der Waals surface area contributed by atoms with E-state index in [0.717, 1.165) is 18.4 Å². The van der Waals surface area contributed by atoms with Crippen LogP contribution < -0.4 is 15.4 Å². The second-order valence-electron chi connectivity index (χ2n) is 6.55. The summed E-state index contributed by atoms with van der Waals surface area (Å²) < 4.78 is 5.44. The summed E-state index contributed by atoms with van der Waals surface area (Å²) in [6, 6.07) is 13.4. The van der Waals surface area contributed by atoms with Gasteiger partial charge in [0.2, 0.25) is 0 Å². The molecular weight excluding hydrogens is 362 g/mol. The largest absolute Gasteiger partial charge is 0.484 e. The zero-order valence-electron chi connectivity index (χ0n) is 15.2. The summed E-state index contributed by atoms with van der Waals surface area (Å²) in [5.74, 6) is -0.00290. The topological polar surface area (TPSA) is 111 Å². The Morgan fingerprint density at radius 1 is 1.11 bits per heavy atom. The van der Waals surface area contributed by atoms with E-state index in [-0.39, 0.29) is 23.8 Å². The molecule has 8 nitrogen and oxygen atoms in total. The number of nitrogens with one attached hydrogen (secondary N) is 2. The molecule has 0 heterocycles. The minimum atomic E-state index is -0.571. The minimum Gasteiger partial charge on any atom is -0.484 e. The van der Waals surface area contributed by atoms with Gasteiger partial charge in [0.15, 0.2) is 6.61 Å². The third-order valence-electron chi connectivity index (χ3n) is 4.28. The first-order valence-corrected chi connectivity index (χ1v) is 9.05. The van der Waals surface area contributed by atoms with Crippen molar-refractivity contribution in [3.05, 3.63) is 69.8 Å². The molecule has 0 atom stereocenters. The number of para-hydroxylation sites is 1. The average Bonchev–Trinajstić information content (AvgIpc) is 3.51. The Morgan fingerprint density at radius 3 is 2.50 bits per heavy atom. The van der Waals surface area contributed by atoms with Crippen molar-refractivity contribution in [1.29, 1.82) is 0 Å². The predicted molar refractivity (Wildman–Crippen MR) is 102 cm³/mol. The van der Waals surface area contributed by atoms with Gasteiger partial charge < -0.3 is 15.4 Å². The predicted octanol–water partition coefficient (Wildman–Crippen LogP) is 2.22. The molecule has 2 N–H and O–H groups in total. The fourth-order valence-electron chi connectivity index (χ4n) is 2.64. The highest BCUT2D eigenvalue weighted by Gasteiger charge is 2.23. The zero-order chi connectivity index (χ0) is 19.9. The number of hydrogen-bond acceptors (Lipinski definition) is 5. The Bertz CT molecular complexity index is 862. The molecule has 2 amide bonds. The van der Waals surface area contributed by atoms with Gasteiger partial charge in [-0.15, -0.1) is 0 Å². The fourth-order valence-corrected chi connectivity index (χ4v) is 2.64. The number of hydrogen-bond donors (Lipinski definition) is 2. The van der Waals surface area contributed by atoms with E-state index in [1.807, 2.05) is 12.1 Å². The molecular formula is C20H21N3O5. The summed E-state index contributed by atoms with van der Waals surface area (Å²) in [4.78, 5) is 34.2. The van der Waals surface area contributed by atoms with Crippen LogP contribution in [-0.2, 0) is 11.2 Å². The first-order chi connectivity index (χ1) is 13.5. The zero-order valence-corrected chi connectivity index (χ0v) is 15.2. The van der Waals surface area contributed by atoms with Crippen molar-refractivity contribution in [1.82, 2.24) is 10.6 Å². The van der Waals surface area contributed by atoms with Gasteiger partial charge in [0.1, 0.15) is 11.3 Å². The Balaban J connectivity index is 1.44. The van der Waals surface area contributed by atoms with E-state index in [2.05, 4.69) is 10.6 Å².